The van der Waals surface area contributed by atoms with Gasteiger partial charge in [-0.25, -0.2) is 29.3 Å². The number of fused-ring (bicyclic) bond motifs is 4. The molecule has 6 N–H and O–H groups in total. The van der Waals surface area contributed by atoms with Crippen molar-refractivity contribution in [2.24, 2.45) is 4.99 Å². The van der Waals surface area contributed by atoms with E-state index in [4.69, 9.17) is 5.11 Å². The quantitative estimate of drug-likeness (QED) is 0.107. The lowest BCUT2D eigenvalue weighted by molar-refractivity contribution is 0.0686. The largest absolute Gasteiger partial charge is 0.478 e. The normalized spacial score (nSPS) is 11.6. The fraction of sp³-hybridized carbons (Fsp3) is 0.186. The van der Waals surface area contributed by atoms with Gasteiger partial charge in [-0.15, -0.1) is 0 Å². The molecule has 0 radical (unpaired) electrons. The number of nitrogens with one attached hydrogen (secondary N) is 4. The number of H-pyrrole nitrogens is 2. The van der Waals surface area contributed by atoms with Crippen LogP contribution in [0.4, 0.5) is 28.6 Å². The fourth-order valence-corrected chi connectivity index (χ4v) is 6.79. The maximum atomic E-state index is 12.5. The van der Waals surface area contributed by atoms with Crippen molar-refractivity contribution in [3.05, 3.63) is 148 Å². The second kappa shape index (κ2) is 16.5. The van der Waals surface area contributed by atoms with Crippen LogP contribution in [0.3, 0.4) is 0 Å². The van der Waals surface area contributed by atoms with Crippen LogP contribution < -0.4 is 43.2 Å². The van der Waals surface area contributed by atoms with Gasteiger partial charge in [-0.3, -0.25) is 14.6 Å². The molecule has 3 aliphatic heterocycles. The van der Waals surface area contributed by atoms with Gasteiger partial charge in [0.2, 0.25) is 0 Å². The Balaban J connectivity index is 0.000000181. The molecule has 1 aromatic heterocycles. The predicted molar refractivity (Wildman–Crippen MR) is 228 cm³/mol. The minimum absolute atomic E-state index is 0.0799. The Morgan fingerprint density at radius 1 is 0.750 bits per heavy atom. The van der Waals surface area contributed by atoms with Crippen molar-refractivity contribution in [1.82, 2.24) is 29.5 Å². The molecule has 60 heavy (non-hydrogen) atoms. The van der Waals surface area contributed by atoms with E-state index >= 15 is 0 Å². The van der Waals surface area contributed by atoms with E-state index in [-0.39, 0.29) is 39.0 Å². The number of benzene rings is 4. The third kappa shape index (κ3) is 8.22. The second-order valence-corrected chi connectivity index (χ2v) is 14.2. The average Bonchev–Trinajstić information content (AvgIpc) is 3.20. The highest BCUT2D eigenvalue weighted by molar-refractivity contribution is 5.94. The summed E-state index contributed by atoms with van der Waals surface area (Å²) in [6, 6.07) is 21.0. The molecule has 5 aromatic rings. The molecule has 0 saturated carbocycles. The Morgan fingerprint density at radius 3 is 2.17 bits per heavy atom. The monoisotopic (exact) mass is 808 g/mol. The van der Waals surface area contributed by atoms with E-state index < -0.39 is 23.2 Å². The Hall–Kier alpha value is -7.95. The van der Waals surface area contributed by atoms with Crippen molar-refractivity contribution in [2.45, 2.75) is 34.2 Å². The maximum absolute atomic E-state index is 12.5. The molecule has 304 valence electrons. The lowest BCUT2D eigenvalue weighted by Gasteiger charge is -2.28. The Morgan fingerprint density at radius 2 is 1.43 bits per heavy atom. The summed E-state index contributed by atoms with van der Waals surface area (Å²) in [7, 11) is 0. The first kappa shape index (κ1) is 40.3. The summed E-state index contributed by atoms with van der Waals surface area (Å²) in [6.07, 6.45) is 0. The summed E-state index contributed by atoms with van der Waals surface area (Å²) < 4.78 is 1.76. The Bertz CT molecular complexity index is 3100. The van der Waals surface area contributed by atoms with Gasteiger partial charge in [0.05, 0.1) is 33.5 Å². The topological polar surface area (TPSA) is 241 Å². The molecule has 0 saturated heterocycles. The molecule has 0 aliphatic carbocycles. The number of hydrogen-bond donors (Lipinski definition) is 6. The number of carbonyl (C=O) groups is 2. The van der Waals surface area contributed by atoms with E-state index in [1.165, 1.54) is 6.07 Å². The summed E-state index contributed by atoms with van der Waals surface area (Å²) in [5.41, 5.74) is 7.61. The van der Waals surface area contributed by atoms with Gasteiger partial charge < -0.3 is 35.3 Å². The van der Waals surface area contributed by atoms with E-state index in [9.17, 15) is 29.1 Å². The number of aromatic carboxylic acids is 2. The highest BCUT2D eigenvalue weighted by atomic mass is 16.4. The molecule has 3 aliphatic rings. The van der Waals surface area contributed by atoms with Crippen LogP contribution in [0.25, 0.3) is 29.1 Å². The van der Waals surface area contributed by atoms with Crippen LogP contribution in [-0.4, -0.2) is 71.3 Å². The molecule has 0 bridgehead atoms. The van der Waals surface area contributed by atoms with Crippen LogP contribution in [-0.2, 0) is 6.54 Å². The van der Waals surface area contributed by atoms with E-state index in [1.807, 2.05) is 56.9 Å². The molecule has 4 heterocycles. The van der Waals surface area contributed by atoms with Gasteiger partial charge in [-0.1, -0.05) is 18.7 Å². The summed E-state index contributed by atoms with van der Waals surface area (Å²) >= 11 is 0. The molecule has 17 nitrogen and oxygen atoms in total. The number of aryl methyl sites for hydroxylation is 4. The number of para-hydroxylation sites is 1. The first-order chi connectivity index (χ1) is 28.7. The van der Waals surface area contributed by atoms with Gasteiger partial charge in [0, 0.05) is 37.6 Å². The van der Waals surface area contributed by atoms with Crippen LogP contribution in [0.15, 0.2) is 92.2 Å². The molecule has 0 atom stereocenters. The Labute approximate surface area is 340 Å². The summed E-state index contributed by atoms with van der Waals surface area (Å²) in [6.45, 7) is 13.5. The highest BCUT2D eigenvalue weighted by Crippen LogP contribution is 2.36. The number of aromatic nitrogens is 6. The zero-order valence-corrected chi connectivity index (χ0v) is 33.1. The first-order valence-electron chi connectivity index (χ1n) is 18.8. The number of anilines is 4. The van der Waals surface area contributed by atoms with Crippen LogP contribution in [0.1, 0.15) is 43.0 Å². The molecular weight excluding hydrogens is 769 g/mol. The number of carboxylic acids is 2. The molecule has 0 fully saturated rings. The van der Waals surface area contributed by atoms with Crippen molar-refractivity contribution in [2.75, 3.05) is 35.2 Å². The number of nitrogens with zero attached hydrogens (tertiary/aromatic N) is 6. The van der Waals surface area contributed by atoms with Crippen LogP contribution >= 0.6 is 0 Å². The van der Waals surface area contributed by atoms with Gasteiger partial charge in [0.1, 0.15) is 5.48 Å². The molecule has 17 heteroatoms. The zero-order chi connectivity index (χ0) is 42.8. The van der Waals surface area contributed by atoms with Crippen LogP contribution in [0, 0.1) is 27.7 Å². The van der Waals surface area contributed by atoms with Gasteiger partial charge in [-0.05, 0) is 111 Å². The lowest BCUT2D eigenvalue weighted by atomic mass is 10.1. The Kier molecular flexibility index (Phi) is 11.1. The van der Waals surface area contributed by atoms with Gasteiger partial charge in [0.25, 0.3) is 11.1 Å². The van der Waals surface area contributed by atoms with Crippen molar-refractivity contribution >= 4 is 58.1 Å². The van der Waals surface area contributed by atoms with Gasteiger partial charge >= 0.3 is 17.6 Å². The summed E-state index contributed by atoms with van der Waals surface area (Å²) in [5, 5.41) is 25.0. The molecule has 0 unspecified atom stereocenters. The van der Waals surface area contributed by atoms with E-state index in [0.29, 0.717) is 43.2 Å². The standard InChI is InChI=1S/C22H21N5O3.C21H19N5O4/c1-12-10-17-18(11-13(12)2)27(20-19(26-17)21(28)25-14(3)24-20)9-8-23-16-6-4-15(5-7-16)22(29)30;1-11-9-15-16(10-12(11)2)26(18-17(23-15)19(27)25-21(30)24-18)8-7-22-14-6-4-3-5-13(14)20(28)29/h4-7,10-11,23H,3,8-9H2,1-2H3,(H,25,28)(H,29,30);3-6,9-10,22H,7-8H2,1-2H3,(H,28,29)(H,25,27,30). The number of hydrogen-bond acceptors (Lipinski definition) is 12. The van der Waals surface area contributed by atoms with Crippen molar-refractivity contribution in [3.8, 4) is 11.5 Å². The summed E-state index contributed by atoms with van der Waals surface area (Å²) in [5.74, 6) is -1.33. The third-order valence-corrected chi connectivity index (χ3v) is 10.1. The highest BCUT2D eigenvalue weighted by Gasteiger charge is 2.24. The molecular formula is C43H40N10O7. The van der Waals surface area contributed by atoms with Gasteiger partial charge in [-0.2, -0.15) is 4.98 Å². The third-order valence-electron chi connectivity index (χ3n) is 10.1. The predicted octanol–water partition coefficient (Wildman–Crippen LogP) is 4.02. The minimum atomic E-state index is -1.03. The number of aromatic amines is 2. The van der Waals surface area contributed by atoms with Crippen LogP contribution in [0.5, 0.6) is 0 Å². The fourth-order valence-electron chi connectivity index (χ4n) is 6.79. The summed E-state index contributed by atoms with van der Waals surface area (Å²) in [4.78, 5) is 83.1. The molecule has 8 rings (SSSR count). The van der Waals surface area contributed by atoms with Crippen molar-refractivity contribution < 1.29 is 19.8 Å². The number of carboxylic acid groups (broad SMARTS) is 2. The molecule has 4 aromatic carbocycles. The number of rotatable bonds is 10. The first-order valence-corrected chi connectivity index (χ1v) is 18.8. The van der Waals surface area contributed by atoms with Gasteiger partial charge in [0.15, 0.2) is 22.7 Å². The smallest absolute Gasteiger partial charge is 0.349 e. The second-order valence-electron chi connectivity index (χ2n) is 14.2. The van der Waals surface area contributed by atoms with E-state index in [1.54, 1.807) is 47.0 Å². The van der Waals surface area contributed by atoms with Crippen molar-refractivity contribution in [1.29, 1.82) is 0 Å². The minimum Gasteiger partial charge on any atom is -0.478 e. The average molecular weight is 809 g/mol. The molecule has 0 amide bonds. The lowest BCUT2D eigenvalue weighted by Crippen LogP contribution is -2.43. The van der Waals surface area contributed by atoms with E-state index in [0.717, 1.165) is 44.8 Å². The SMILES string of the molecule is C=c1nc2c(c(=O)[nH]1)=Nc1cc(C)c(C)cc1N2CCNc1ccc(C(=O)O)cc1.Cc1cc2nc3c(=O)[nH]c(=O)nc-3n(CCNc3ccccc3C(=O)O)c2cc1C. The maximum Gasteiger partial charge on any atom is 0.349 e. The zero-order valence-electron chi connectivity index (χ0n) is 33.1. The van der Waals surface area contributed by atoms with Crippen molar-refractivity contribution in [3.63, 3.8) is 0 Å². The molecule has 0 spiro atoms. The van der Waals surface area contributed by atoms with E-state index in [2.05, 4.69) is 47.1 Å². The van der Waals surface area contributed by atoms with Crippen LogP contribution in [0.2, 0.25) is 0 Å².